The topological polar surface area (TPSA) is 128 Å². The molecule has 0 spiro atoms. The van der Waals surface area contributed by atoms with Crippen molar-refractivity contribution in [2.24, 2.45) is 11.5 Å². The van der Waals surface area contributed by atoms with Crippen LogP contribution in [-0.2, 0) is 22.6 Å². The first-order chi connectivity index (χ1) is 16.9. The third-order valence-electron chi connectivity index (χ3n) is 6.68. The van der Waals surface area contributed by atoms with Crippen molar-refractivity contribution in [1.29, 1.82) is 0 Å². The van der Waals surface area contributed by atoms with Crippen molar-refractivity contribution in [3.05, 3.63) is 66.2 Å². The zero-order valence-electron chi connectivity index (χ0n) is 20.0. The van der Waals surface area contributed by atoms with Gasteiger partial charge < -0.3 is 21.3 Å². The first-order valence-corrected chi connectivity index (χ1v) is 12.0. The third-order valence-corrected chi connectivity index (χ3v) is 6.68. The maximum absolute atomic E-state index is 13.1. The second-order valence-electron chi connectivity index (χ2n) is 9.00. The van der Waals surface area contributed by atoms with Crippen molar-refractivity contribution in [2.75, 3.05) is 13.1 Å². The van der Waals surface area contributed by atoms with Crippen LogP contribution in [0.3, 0.4) is 0 Å². The molecule has 1 aliphatic heterocycles. The Kier molecular flexibility index (Phi) is 7.45. The van der Waals surface area contributed by atoms with Crippen LogP contribution in [-0.4, -0.2) is 62.4 Å². The molecule has 1 saturated heterocycles. The lowest BCUT2D eigenvalue weighted by atomic mass is 10.0. The number of nitrogens with zero attached hydrogens (tertiary/aromatic N) is 4. The first kappa shape index (κ1) is 24.4. The number of fused-ring (bicyclic) bond motifs is 1. The van der Waals surface area contributed by atoms with Crippen LogP contribution in [0, 0.1) is 0 Å². The van der Waals surface area contributed by atoms with Crippen LogP contribution in [0.5, 0.6) is 0 Å². The molecule has 9 nitrogen and oxygen atoms in total. The molecule has 4 N–H and O–H groups in total. The van der Waals surface area contributed by atoms with Crippen molar-refractivity contribution in [3.8, 4) is 0 Å². The Morgan fingerprint density at radius 2 is 1.83 bits per heavy atom. The van der Waals surface area contributed by atoms with E-state index in [1.54, 1.807) is 18.0 Å². The molecule has 0 radical (unpaired) electrons. The number of likely N-dealkylation sites (tertiary alicyclic amines) is 1. The quantitative estimate of drug-likeness (QED) is 0.541. The van der Waals surface area contributed by atoms with E-state index in [2.05, 4.69) is 4.98 Å². The highest BCUT2D eigenvalue weighted by molar-refractivity contribution is 5.89. The largest absolute Gasteiger partial charge is 0.368 e. The third kappa shape index (κ3) is 5.35. The number of amides is 3. The van der Waals surface area contributed by atoms with Gasteiger partial charge in [0.1, 0.15) is 12.4 Å². The number of carbonyl (C=O) groups excluding carboxylic acids is 3. The number of benzene rings is 2. The molecular formula is C26H32N6O3. The van der Waals surface area contributed by atoms with E-state index in [0.717, 1.165) is 29.2 Å². The smallest absolute Gasteiger partial charge is 0.329 e. The summed E-state index contributed by atoms with van der Waals surface area (Å²) in [4.78, 5) is 46.2. The molecule has 1 atom stereocenters. The molecule has 3 amide bonds. The standard InChI is InChI=1S/C26H32N6O3/c1-2-24(33)31(16-19-8-5-7-18-6-3-4-9-22(18)19)23(25(28)34)14-21-15-29-17-32(21)26(35)30-12-10-20(27)11-13-30/h3-9,15,17,20,23H,2,10-14,16,27H2,1H3,(H2,28,34)/t23-/m0/s1. The normalized spacial score (nSPS) is 15.2. The summed E-state index contributed by atoms with van der Waals surface area (Å²) in [5.41, 5.74) is 13.2. The number of aromatic nitrogens is 2. The predicted molar refractivity (Wildman–Crippen MR) is 133 cm³/mol. The van der Waals surface area contributed by atoms with Gasteiger partial charge in [0.25, 0.3) is 0 Å². The molecule has 0 unspecified atom stereocenters. The van der Waals surface area contributed by atoms with Crippen LogP contribution >= 0.6 is 0 Å². The van der Waals surface area contributed by atoms with Gasteiger partial charge >= 0.3 is 6.03 Å². The van der Waals surface area contributed by atoms with Crippen molar-refractivity contribution in [3.63, 3.8) is 0 Å². The Labute approximate surface area is 204 Å². The number of carbonyl (C=O) groups is 3. The highest BCUT2D eigenvalue weighted by Gasteiger charge is 2.31. The highest BCUT2D eigenvalue weighted by atomic mass is 16.2. The van der Waals surface area contributed by atoms with Crippen molar-refractivity contribution < 1.29 is 14.4 Å². The number of hydrogen-bond donors (Lipinski definition) is 2. The summed E-state index contributed by atoms with van der Waals surface area (Å²) < 4.78 is 1.44. The number of imidazole rings is 1. The summed E-state index contributed by atoms with van der Waals surface area (Å²) in [5.74, 6) is -0.819. The van der Waals surface area contributed by atoms with E-state index in [1.165, 1.54) is 15.8 Å². The fraction of sp³-hybridized carbons (Fsp3) is 0.385. The van der Waals surface area contributed by atoms with Crippen molar-refractivity contribution in [2.45, 2.75) is 51.2 Å². The van der Waals surface area contributed by atoms with Gasteiger partial charge in [-0.2, -0.15) is 0 Å². The van der Waals surface area contributed by atoms with Crippen LogP contribution < -0.4 is 11.5 Å². The van der Waals surface area contributed by atoms with E-state index in [9.17, 15) is 14.4 Å². The molecule has 2 heterocycles. The SMILES string of the molecule is CCC(=O)N(Cc1cccc2ccccc12)[C@@H](Cc1cncn1C(=O)N1CCC(N)CC1)C(N)=O. The minimum Gasteiger partial charge on any atom is -0.368 e. The van der Waals surface area contributed by atoms with Gasteiger partial charge in [0.05, 0.1) is 0 Å². The zero-order chi connectivity index (χ0) is 24.9. The van der Waals surface area contributed by atoms with Crippen LogP contribution in [0.25, 0.3) is 10.8 Å². The maximum Gasteiger partial charge on any atom is 0.329 e. The summed E-state index contributed by atoms with van der Waals surface area (Å²) in [6, 6.07) is 12.8. The lowest BCUT2D eigenvalue weighted by Gasteiger charge is -2.32. The van der Waals surface area contributed by atoms with Gasteiger partial charge in [0.2, 0.25) is 11.8 Å². The van der Waals surface area contributed by atoms with Gasteiger partial charge in [-0.15, -0.1) is 0 Å². The first-order valence-electron chi connectivity index (χ1n) is 12.0. The monoisotopic (exact) mass is 476 g/mol. The fourth-order valence-electron chi connectivity index (χ4n) is 4.64. The number of primary amides is 1. The van der Waals surface area contributed by atoms with E-state index in [4.69, 9.17) is 11.5 Å². The van der Waals surface area contributed by atoms with Crippen molar-refractivity contribution >= 4 is 28.6 Å². The van der Waals surface area contributed by atoms with Gasteiger partial charge in [-0.25, -0.2) is 9.78 Å². The molecule has 0 bridgehead atoms. The highest BCUT2D eigenvalue weighted by Crippen LogP contribution is 2.23. The Morgan fingerprint density at radius 1 is 1.11 bits per heavy atom. The van der Waals surface area contributed by atoms with Gasteiger partial charge in [-0.1, -0.05) is 49.4 Å². The van der Waals surface area contributed by atoms with Gasteiger partial charge in [0.15, 0.2) is 0 Å². The Bertz CT molecular complexity index is 1210. The van der Waals surface area contributed by atoms with Crippen LogP contribution in [0.15, 0.2) is 55.0 Å². The molecule has 0 aliphatic carbocycles. The zero-order valence-corrected chi connectivity index (χ0v) is 20.0. The predicted octanol–water partition coefficient (Wildman–Crippen LogP) is 2.26. The molecule has 1 fully saturated rings. The average molecular weight is 477 g/mol. The van der Waals surface area contributed by atoms with Crippen LogP contribution in [0.1, 0.15) is 37.4 Å². The molecule has 1 aromatic heterocycles. The lowest BCUT2D eigenvalue weighted by Crippen LogP contribution is -2.49. The van der Waals surface area contributed by atoms with E-state index in [1.807, 2.05) is 42.5 Å². The average Bonchev–Trinajstić information content (AvgIpc) is 3.34. The van der Waals surface area contributed by atoms with Gasteiger partial charge in [-0.3, -0.25) is 14.2 Å². The summed E-state index contributed by atoms with van der Waals surface area (Å²) in [7, 11) is 0. The molecular weight excluding hydrogens is 444 g/mol. The van der Waals surface area contributed by atoms with E-state index in [-0.39, 0.29) is 37.4 Å². The Morgan fingerprint density at radius 3 is 2.54 bits per heavy atom. The second kappa shape index (κ2) is 10.7. The maximum atomic E-state index is 13.1. The summed E-state index contributed by atoms with van der Waals surface area (Å²) in [6.45, 7) is 3.12. The molecule has 35 heavy (non-hydrogen) atoms. The molecule has 4 rings (SSSR count). The number of hydrogen-bond acceptors (Lipinski definition) is 5. The van der Waals surface area contributed by atoms with E-state index >= 15 is 0 Å². The minimum absolute atomic E-state index is 0.0882. The second-order valence-corrected chi connectivity index (χ2v) is 9.00. The molecule has 9 heteroatoms. The number of nitrogens with two attached hydrogens (primary N) is 2. The van der Waals surface area contributed by atoms with E-state index < -0.39 is 11.9 Å². The molecule has 0 saturated carbocycles. The fourth-order valence-corrected chi connectivity index (χ4v) is 4.64. The van der Waals surface area contributed by atoms with Gasteiger partial charge in [0, 0.05) is 50.4 Å². The Hall–Kier alpha value is -3.72. The van der Waals surface area contributed by atoms with Gasteiger partial charge in [-0.05, 0) is 29.2 Å². The minimum atomic E-state index is -0.931. The molecule has 2 aromatic carbocycles. The van der Waals surface area contributed by atoms with Crippen LogP contribution in [0.4, 0.5) is 4.79 Å². The summed E-state index contributed by atoms with van der Waals surface area (Å²) in [6.07, 6.45) is 4.79. The lowest BCUT2D eigenvalue weighted by molar-refractivity contribution is -0.139. The number of piperidine rings is 1. The Balaban J connectivity index is 1.61. The number of rotatable bonds is 7. The van der Waals surface area contributed by atoms with Crippen molar-refractivity contribution in [1.82, 2.24) is 19.4 Å². The summed E-state index contributed by atoms with van der Waals surface area (Å²) in [5, 5.41) is 2.06. The molecule has 3 aromatic rings. The van der Waals surface area contributed by atoms with E-state index in [0.29, 0.717) is 18.8 Å². The van der Waals surface area contributed by atoms with Crippen LogP contribution in [0.2, 0.25) is 0 Å². The molecule has 1 aliphatic rings. The summed E-state index contributed by atoms with van der Waals surface area (Å²) >= 11 is 0. The molecule has 184 valence electrons.